The Bertz CT molecular complexity index is 1100. The van der Waals surface area contributed by atoms with E-state index in [1.54, 1.807) is 6.92 Å². The van der Waals surface area contributed by atoms with E-state index in [0.717, 1.165) is 33.1 Å². The van der Waals surface area contributed by atoms with Crippen LogP contribution in [0.3, 0.4) is 0 Å². The predicted molar refractivity (Wildman–Crippen MR) is 105 cm³/mol. The molecule has 0 saturated carbocycles. The number of ether oxygens (including phenoxy) is 1. The molecule has 0 aliphatic carbocycles. The lowest BCUT2D eigenvalue weighted by Gasteiger charge is -2.08. The van der Waals surface area contributed by atoms with Gasteiger partial charge in [-0.1, -0.05) is 66.7 Å². The van der Waals surface area contributed by atoms with Crippen LogP contribution < -0.4 is 0 Å². The van der Waals surface area contributed by atoms with Gasteiger partial charge in [0.15, 0.2) is 0 Å². The molecule has 4 rings (SSSR count). The molecule has 3 nitrogen and oxygen atoms in total. The summed E-state index contributed by atoms with van der Waals surface area (Å²) in [6.07, 6.45) is 1.85. The van der Waals surface area contributed by atoms with Crippen LogP contribution in [0.1, 0.15) is 18.1 Å². The van der Waals surface area contributed by atoms with Crippen molar-refractivity contribution >= 4 is 39.6 Å². The Morgan fingerprint density at radius 2 is 1.65 bits per heavy atom. The Balaban J connectivity index is 1.93. The normalized spacial score (nSPS) is 11.8. The van der Waals surface area contributed by atoms with Crippen molar-refractivity contribution < 1.29 is 13.9 Å². The number of carbonyl (C=O) groups is 1. The summed E-state index contributed by atoms with van der Waals surface area (Å²) in [4.78, 5) is 12.5. The number of hydrogen-bond donors (Lipinski definition) is 0. The van der Waals surface area contributed by atoms with E-state index < -0.39 is 0 Å². The second-order valence-electron chi connectivity index (χ2n) is 5.97. The van der Waals surface area contributed by atoms with Crippen molar-refractivity contribution in [3.63, 3.8) is 0 Å². The van der Waals surface area contributed by atoms with Crippen LogP contribution in [0.25, 0.3) is 33.6 Å². The maximum Gasteiger partial charge on any atom is 0.338 e. The maximum absolute atomic E-state index is 12.5. The van der Waals surface area contributed by atoms with Crippen molar-refractivity contribution in [2.75, 3.05) is 6.61 Å². The Kier molecular flexibility index (Phi) is 4.28. The van der Waals surface area contributed by atoms with Gasteiger partial charge in [0.25, 0.3) is 0 Å². The van der Waals surface area contributed by atoms with Gasteiger partial charge in [-0.05, 0) is 24.6 Å². The molecule has 0 aliphatic rings. The van der Waals surface area contributed by atoms with Gasteiger partial charge in [-0.3, -0.25) is 0 Å². The van der Waals surface area contributed by atoms with Gasteiger partial charge in [0.1, 0.15) is 11.2 Å². The smallest absolute Gasteiger partial charge is 0.338 e. The Morgan fingerprint density at radius 1 is 0.923 bits per heavy atom. The number of para-hydroxylation sites is 2. The Hall–Kier alpha value is -3.33. The van der Waals surface area contributed by atoms with E-state index in [4.69, 9.17) is 9.15 Å². The zero-order valence-corrected chi connectivity index (χ0v) is 14.4. The van der Waals surface area contributed by atoms with Gasteiger partial charge in [0, 0.05) is 16.3 Å². The van der Waals surface area contributed by atoms with E-state index in [1.807, 2.05) is 78.9 Å². The number of fused-ring (bicyclic) bond motifs is 3. The lowest BCUT2D eigenvalue weighted by Crippen LogP contribution is -2.06. The maximum atomic E-state index is 12.5. The van der Waals surface area contributed by atoms with Crippen molar-refractivity contribution in [1.82, 2.24) is 0 Å². The molecule has 0 bridgehead atoms. The van der Waals surface area contributed by atoms with E-state index in [0.29, 0.717) is 12.2 Å². The molecule has 0 unspecified atom stereocenters. The van der Waals surface area contributed by atoms with E-state index in [-0.39, 0.29) is 5.97 Å². The van der Waals surface area contributed by atoms with Gasteiger partial charge in [0.05, 0.1) is 12.2 Å². The molecule has 0 spiro atoms. The molecule has 3 aromatic carbocycles. The number of furan rings is 1. The molecule has 0 fully saturated rings. The standard InChI is InChI=1S/C23H18O3/c1-2-25-23(24)20(16-9-4-3-5-10-16)15-17-11-8-13-19-18-12-6-7-14-21(18)26-22(17)19/h3-15H,2H2,1H3/b20-15-. The summed E-state index contributed by atoms with van der Waals surface area (Å²) >= 11 is 0. The third-order valence-electron chi connectivity index (χ3n) is 4.31. The van der Waals surface area contributed by atoms with Gasteiger partial charge in [-0.15, -0.1) is 0 Å². The Labute approximate surface area is 151 Å². The summed E-state index contributed by atoms with van der Waals surface area (Å²) in [6, 6.07) is 23.4. The van der Waals surface area contributed by atoms with Gasteiger partial charge < -0.3 is 9.15 Å². The molecular formula is C23H18O3. The quantitative estimate of drug-likeness (QED) is 0.272. The largest absolute Gasteiger partial charge is 0.462 e. The molecule has 0 atom stereocenters. The minimum absolute atomic E-state index is 0.331. The minimum atomic E-state index is -0.341. The number of rotatable bonds is 4. The summed E-state index contributed by atoms with van der Waals surface area (Å²) < 4.78 is 11.3. The first kappa shape index (κ1) is 16.2. The van der Waals surface area contributed by atoms with Crippen LogP contribution in [0.15, 0.2) is 77.2 Å². The van der Waals surface area contributed by atoms with Crippen LogP contribution in [-0.4, -0.2) is 12.6 Å². The molecule has 128 valence electrons. The Morgan fingerprint density at radius 3 is 2.46 bits per heavy atom. The van der Waals surface area contributed by atoms with Crippen LogP contribution in [0.4, 0.5) is 0 Å². The van der Waals surface area contributed by atoms with Crippen molar-refractivity contribution in [3.8, 4) is 0 Å². The highest BCUT2D eigenvalue weighted by molar-refractivity contribution is 6.22. The van der Waals surface area contributed by atoms with Crippen LogP contribution in [0.5, 0.6) is 0 Å². The molecule has 0 saturated heterocycles. The topological polar surface area (TPSA) is 39.4 Å². The second kappa shape index (κ2) is 6.89. The lowest BCUT2D eigenvalue weighted by molar-refractivity contribution is -0.136. The van der Waals surface area contributed by atoms with E-state index in [2.05, 4.69) is 0 Å². The number of hydrogen-bond acceptors (Lipinski definition) is 3. The highest BCUT2D eigenvalue weighted by Crippen LogP contribution is 2.32. The van der Waals surface area contributed by atoms with Crippen LogP contribution in [-0.2, 0) is 9.53 Å². The molecule has 0 N–H and O–H groups in total. The fraction of sp³-hybridized carbons (Fsp3) is 0.0870. The van der Waals surface area contributed by atoms with E-state index in [9.17, 15) is 4.79 Å². The molecule has 3 heteroatoms. The highest BCUT2D eigenvalue weighted by atomic mass is 16.5. The van der Waals surface area contributed by atoms with Crippen LogP contribution in [0, 0.1) is 0 Å². The fourth-order valence-corrected chi connectivity index (χ4v) is 3.12. The fourth-order valence-electron chi connectivity index (χ4n) is 3.12. The summed E-state index contributed by atoms with van der Waals surface area (Å²) in [6.45, 7) is 2.14. The molecule has 0 aliphatic heterocycles. The van der Waals surface area contributed by atoms with Crippen LogP contribution >= 0.6 is 0 Å². The van der Waals surface area contributed by atoms with E-state index in [1.165, 1.54) is 0 Å². The third kappa shape index (κ3) is 2.88. The lowest BCUT2D eigenvalue weighted by atomic mass is 10.0. The zero-order chi connectivity index (χ0) is 17.9. The summed E-state index contributed by atoms with van der Waals surface area (Å²) in [7, 11) is 0. The van der Waals surface area contributed by atoms with Crippen molar-refractivity contribution in [1.29, 1.82) is 0 Å². The molecule has 4 aromatic rings. The molecular weight excluding hydrogens is 324 g/mol. The van der Waals surface area contributed by atoms with Gasteiger partial charge in [0.2, 0.25) is 0 Å². The van der Waals surface area contributed by atoms with Crippen molar-refractivity contribution in [2.45, 2.75) is 6.92 Å². The van der Waals surface area contributed by atoms with Crippen molar-refractivity contribution in [2.24, 2.45) is 0 Å². The number of carbonyl (C=O) groups excluding carboxylic acids is 1. The zero-order valence-electron chi connectivity index (χ0n) is 14.4. The molecule has 1 heterocycles. The van der Waals surface area contributed by atoms with Gasteiger partial charge in [-0.2, -0.15) is 0 Å². The number of benzene rings is 3. The first-order valence-electron chi connectivity index (χ1n) is 8.62. The predicted octanol–water partition coefficient (Wildman–Crippen LogP) is 5.69. The molecule has 0 radical (unpaired) electrons. The summed E-state index contributed by atoms with van der Waals surface area (Å²) in [5.74, 6) is -0.341. The molecule has 1 aromatic heterocycles. The average Bonchev–Trinajstić information content (AvgIpc) is 3.06. The van der Waals surface area contributed by atoms with E-state index >= 15 is 0 Å². The second-order valence-corrected chi connectivity index (χ2v) is 5.97. The molecule has 0 amide bonds. The molecule has 26 heavy (non-hydrogen) atoms. The van der Waals surface area contributed by atoms with Crippen LogP contribution in [0.2, 0.25) is 0 Å². The highest BCUT2D eigenvalue weighted by Gasteiger charge is 2.15. The first-order valence-corrected chi connectivity index (χ1v) is 8.62. The minimum Gasteiger partial charge on any atom is -0.462 e. The monoisotopic (exact) mass is 342 g/mol. The third-order valence-corrected chi connectivity index (χ3v) is 4.31. The SMILES string of the molecule is CCOC(=O)/C(=C\c1cccc2c1oc1ccccc12)c1ccccc1. The van der Waals surface area contributed by atoms with Gasteiger partial charge in [-0.25, -0.2) is 4.79 Å². The number of esters is 1. The van der Waals surface area contributed by atoms with Gasteiger partial charge >= 0.3 is 5.97 Å². The first-order chi connectivity index (χ1) is 12.8. The summed E-state index contributed by atoms with van der Waals surface area (Å²) in [5.41, 5.74) is 3.79. The average molecular weight is 342 g/mol. The summed E-state index contributed by atoms with van der Waals surface area (Å²) in [5, 5.41) is 2.10. The van der Waals surface area contributed by atoms with Crippen molar-refractivity contribution in [3.05, 3.63) is 83.9 Å².